The van der Waals surface area contributed by atoms with Crippen molar-refractivity contribution in [3.05, 3.63) is 72.3 Å². The van der Waals surface area contributed by atoms with Crippen LogP contribution in [0.25, 0.3) is 0 Å². The molecule has 1 N–H and O–H groups in total. The highest BCUT2D eigenvalue weighted by atomic mass is 32.2. The van der Waals surface area contributed by atoms with Gasteiger partial charge in [0.15, 0.2) is 5.17 Å². The highest BCUT2D eigenvalue weighted by molar-refractivity contribution is 8.16. The lowest BCUT2D eigenvalue weighted by molar-refractivity contribution is -0.127. The highest BCUT2D eigenvalue weighted by Crippen LogP contribution is 2.31. The molecule has 1 atom stereocenters. The van der Waals surface area contributed by atoms with Gasteiger partial charge in [0.05, 0.1) is 4.90 Å². The van der Waals surface area contributed by atoms with Crippen LogP contribution in [-0.2, 0) is 19.6 Å². The molecule has 162 valence electrons. The van der Waals surface area contributed by atoms with Crippen LogP contribution in [0.15, 0.2) is 70.5 Å². The van der Waals surface area contributed by atoms with E-state index in [0.717, 1.165) is 22.9 Å². The van der Waals surface area contributed by atoms with E-state index in [4.69, 9.17) is 0 Å². The summed E-state index contributed by atoms with van der Waals surface area (Å²) < 4.78 is 29.3. The Morgan fingerprint density at radius 1 is 1.13 bits per heavy atom. The number of nitrogens with one attached hydrogen (secondary N) is 1. The van der Waals surface area contributed by atoms with Gasteiger partial charge in [0.2, 0.25) is 11.8 Å². The summed E-state index contributed by atoms with van der Waals surface area (Å²) in [7, 11) is -4.00. The quantitative estimate of drug-likeness (QED) is 0.642. The first-order valence-corrected chi connectivity index (χ1v) is 11.9. The molecule has 0 spiro atoms. The van der Waals surface area contributed by atoms with E-state index in [1.807, 2.05) is 26.0 Å². The number of thioether (sulfide) groups is 1. The second-order valence-corrected chi connectivity index (χ2v) is 9.90. The molecule has 3 rings (SSSR count). The van der Waals surface area contributed by atoms with Crippen molar-refractivity contribution >= 4 is 44.5 Å². The van der Waals surface area contributed by atoms with Gasteiger partial charge in [-0.05, 0) is 38.1 Å². The minimum atomic E-state index is -4.00. The van der Waals surface area contributed by atoms with Crippen molar-refractivity contribution < 1.29 is 18.0 Å². The molecule has 31 heavy (non-hydrogen) atoms. The van der Waals surface area contributed by atoms with E-state index >= 15 is 0 Å². The number of sulfonamides is 1. The van der Waals surface area contributed by atoms with E-state index < -0.39 is 15.3 Å². The van der Waals surface area contributed by atoms with E-state index in [1.165, 1.54) is 23.1 Å². The van der Waals surface area contributed by atoms with Gasteiger partial charge in [-0.3, -0.25) is 14.5 Å². The average molecular weight is 458 g/mol. The maximum atomic E-state index is 12.8. The van der Waals surface area contributed by atoms with Crippen LogP contribution in [0.5, 0.6) is 0 Å². The molecule has 0 aliphatic carbocycles. The Kier molecular flexibility index (Phi) is 6.97. The molecule has 2 aromatic rings. The molecule has 1 heterocycles. The third-order valence-corrected chi connectivity index (χ3v) is 7.13. The Hall–Kier alpha value is -2.91. The Balaban J connectivity index is 1.78. The number of anilines is 1. The number of amidine groups is 1. The first-order valence-electron chi connectivity index (χ1n) is 9.56. The summed E-state index contributed by atoms with van der Waals surface area (Å²) in [5.41, 5.74) is 2.62. The number of nitrogens with zero attached hydrogens (tertiary/aromatic N) is 2. The summed E-state index contributed by atoms with van der Waals surface area (Å²) in [5.74, 6) is -0.710. The van der Waals surface area contributed by atoms with E-state index in [-0.39, 0.29) is 34.8 Å². The summed E-state index contributed by atoms with van der Waals surface area (Å²) in [6, 6.07) is 13.6. The van der Waals surface area contributed by atoms with Crippen molar-refractivity contribution in [3.63, 3.8) is 0 Å². The summed E-state index contributed by atoms with van der Waals surface area (Å²) in [5, 5.41) is 2.03. The van der Waals surface area contributed by atoms with E-state index in [9.17, 15) is 18.0 Å². The normalized spacial score (nSPS) is 17.7. The standard InChI is InChI=1S/C22H23N3O4S2/c1-4-13-25-21(27)19(14-20(26)23-17-9-5-15(2)6-10-17)30-22(25)24-31(28,29)18-11-7-16(3)8-12-18/h4-12,19H,1,13-14H2,2-3H3,(H,23,26)/t19-/m1/s1. The Morgan fingerprint density at radius 2 is 1.71 bits per heavy atom. The maximum absolute atomic E-state index is 12.8. The molecule has 2 amide bonds. The van der Waals surface area contributed by atoms with Crippen LogP contribution >= 0.6 is 11.8 Å². The summed E-state index contributed by atoms with van der Waals surface area (Å²) in [6.45, 7) is 7.52. The molecule has 0 aromatic heterocycles. The van der Waals surface area contributed by atoms with Crippen molar-refractivity contribution in [1.29, 1.82) is 0 Å². The summed E-state index contributed by atoms with van der Waals surface area (Å²) >= 11 is 0.971. The van der Waals surface area contributed by atoms with Crippen LogP contribution in [-0.4, -0.2) is 42.1 Å². The molecule has 1 aliphatic rings. The van der Waals surface area contributed by atoms with Crippen LogP contribution in [0, 0.1) is 13.8 Å². The monoisotopic (exact) mass is 457 g/mol. The van der Waals surface area contributed by atoms with Gasteiger partial charge < -0.3 is 5.32 Å². The predicted molar refractivity (Wildman–Crippen MR) is 124 cm³/mol. The Morgan fingerprint density at radius 3 is 2.29 bits per heavy atom. The fourth-order valence-corrected chi connectivity index (χ4v) is 5.25. The lowest BCUT2D eigenvalue weighted by Crippen LogP contribution is -2.33. The Bertz CT molecular complexity index is 1120. The fourth-order valence-electron chi connectivity index (χ4n) is 2.89. The molecule has 1 saturated heterocycles. The minimum absolute atomic E-state index is 0.0396. The molecule has 1 fully saturated rings. The van der Waals surface area contributed by atoms with Crippen LogP contribution in [0.2, 0.25) is 0 Å². The van der Waals surface area contributed by atoms with Crippen molar-refractivity contribution in [3.8, 4) is 0 Å². The topological polar surface area (TPSA) is 95.9 Å². The molecule has 7 nitrogen and oxygen atoms in total. The number of hydrogen-bond donors (Lipinski definition) is 1. The number of benzene rings is 2. The molecule has 9 heteroatoms. The average Bonchev–Trinajstić information content (AvgIpc) is 2.98. The molecule has 0 saturated carbocycles. The second-order valence-electron chi connectivity index (χ2n) is 7.12. The molecule has 0 unspecified atom stereocenters. The minimum Gasteiger partial charge on any atom is -0.326 e. The largest absolute Gasteiger partial charge is 0.326 e. The molecular weight excluding hydrogens is 434 g/mol. The van der Waals surface area contributed by atoms with E-state index in [2.05, 4.69) is 16.3 Å². The van der Waals surface area contributed by atoms with E-state index in [0.29, 0.717) is 5.69 Å². The van der Waals surface area contributed by atoms with Gasteiger partial charge in [-0.1, -0.05) is 53.2 Å². The third-order valence-electron chi connectivity index (χ3n) is 4.55. The SMILES string of the molecule is C=CCN1C(=O)[C@@H](CC(=O)Nc2ccc(C)cc2)SC1=NS(=O)(=O)c1ccc(C)cc1. The first-order chi connectivity index (χ1) is 14.7. The zero-order valence-electron chi connectivity index (χ0n) is 17.2. The molecule has 2 aromatic carbocycles. The van der Waals surface area contributed by atoms with Crippen LogP contribution in [0.3, 0.4) is 0 Å². The molecule has 0 radical (unpaired) electrons. The van der Waals surface area contributed by atoms with Gasteiger partial charge in [-0.2, -0.15) is 8.42 Å². The fraction of sp³-hybridized carbons (Fsp3) is 0.227. The molecule has 1 aliphatic heterocycles. The van der Waals surface area contributed by atoms with Crippen LogP contribution in [0.1, 0.15) is 17.5 Å². The lowest BCUT2D eigenvalue weighted by atomic mass is 10.2. The third kappa shape index (κ3) is 5.62. The summed E-state index contributed by atoms with van der Waals surface area (Å²) in [4.78, 5) is 26.5. The second kappa shape index (κ2) is 9.49. The lowest BCUT2D eigenvalue weighted by Gasteiger charge is -2.13. The highest BCUT2D eigenvalue weighted by Gasteiger charge is 2.39. The Labute approximate surface area is 186 Å². The number of hydrogen-bond acceptors (Lipinski definition) is 5. The van der Waals surface area contributed by atoms with Crippen LogP contribution < -0.4 is 5.32 Å². The summed E-state index contributed by atoms with van der Waals surface area (Å²) in [6.07, 6.45) is 1.38. The predicted octanol–water partition coefficient (Wildman–Crippen LogP) is 3.51. The maximum Gasteiger partial charge on any atom is 0.284 e. The van der Waals surface area contributed by atoms with Gasteiger partial charge in [-0.15, -0.1) is 11.0 Å². The first kappa shape index (κ1) is 22.8. The van der Waals surface area contributed by atoms with Crippen molar-refractivity contribution in [2.45, 2.75) is 30.4 Å². The van der Waals surface area contributed by atoms with Gasteiger partial charge in [-0.25, -0.2) is 0 Å². The van der Waals surface area contributed by atoms with Gasteiger partial charge in [0.25, 0.3) is 10.0 Å². The number of aryl methyl sites for hydroxylation is 2. The van der Waals surface area contributed by atoms with Crippen molar-refractivity contribution in [2.75, 3.05) is 11.9 Å². The zero-order valence-corrected chi connectivity index (χ0v) is 18.9. The van der Waals surface area contributed by atoms with E-state index in [1.54, 1.807) is 24.3 Å². The number of amides is 2. The van der Waals surface area contributed by atoms with Crippen molar-refractivity contribution in [1.82, 2.24) is 4.90 Å². The van der Waals surface area contributed by atoms with Gasteiger partial charge in [0, 0.05) is 18.7 Å². The van der Waals surface area contributed by atoms with Crippen molar-refractivity contribution in [2.24, 2.45) is 4.40 Å². The molecule has 0 bridgehead atoms. The smallest absolute Gasteiger partial charge is 0.284 e. The molecular formula is C22H23N3O4S2. The number of carbonyl (C=O) groups is 2. The number of rotatable bonds is 7. The number of carbonyl (C=O) groups excluding carboxylic acids is 2. The van der Waals surface area contributed by atoms with Crippen LogP contribution in [0.4, 0.5) is 5.69 Å². The zero-order chi connectivity index (χ0) is 22.6. The van der Waals surface area contributed by atoms with Gasteiger partial charge >= 0.3 is 0 Å². The van der Waals surface area contributed by atoms with Gasteiger partial charge in [0.1, 0.15) is 5.25 Å².